The lowest BCUT2D eigenvalue weighted by molar-refractivity contribution is -0.137. The minimum Gasteiger partial charge on any atom is -0.298 e. The van der Waals surface area contributed by atoms with Crippen molar-refractivity contribution >= 4 is 6.29 Å². The normalized spacial score (nSPS) is 11.5. The molecule has 2 aromatic rings. The van der Waals surface area contributed by atoms with Crippen LogP contribution >= 0.6 is 0 Å². The van der Waals surface area contributed by atoms with Gasteiger partial charge in [0, 0.05) is 5.56 Å². The Morgan fingerprint density at radius 3 is 2.36 bits per heavy atom. The first-order valence-electron chi connectivity index (χ1n) is 7.02. The maximum absolute atomic E-state index is 12.8. The predicted molar refractivity (Wildman–Crippen MR) is 80.2 cm³/mol. The second-order valence-corrected chi connectivity index (χ2v) is 5.51. The summed E-state index contributed by atoms with van der Waals surface area (Å²) in [7, 11) is 0. The molecule has 22 heavy (non-hydrogen) atoms. The summed E-state index contributed by atoms with van der Waals surface area (Å²) >= 11 is 0. The van der Waals surface area contributed by atoms with Crippen molar-refractivity contribution in [1.29, 1.82) is 0 Å². The molecule has 0 unspecified atom stereocenters. The maximum Gasteiger partial charge on any atom is 0.416 e. The molecule has 0 spiro atoms. The van der Waals surface area contributed by atoms with Gasteiger partial charge in [0.25, 0.3) is 0 Å². The molecule has 0 N–H and O–H groups in total. The summed E-state index contributed by atoms with van der Waals surface area (Å²) in [4.78, 5) is 10.8. The Labute approximate surface area is 127 Å². The minimum absolute atomic E-state index is 0.0609. The fourth-order valence-electron chi connectivity index (χ4n) is 2.44. The molecule has 0 bridgehead atoms. The summed E-state index contributed by atoms with van der Waals surface area (Å²) in [5.41, 5.74) is 3.17. The van der Waals surface area contributed by atoms with Crippen molar-refractivity contribution < 1.29 is 18.0 Å². The number of aryl methyl sites for hydroxylation is 4. The molecule has 1 nitrogen and oxygen atoms in total. The Hall–Kier alpha value is -2.10. The van der Waals surface area contributed by atoms with Crippen LogP contribution in [0.2, 0.25) is 0 Å². The van der Waals surface area contributed by atoms with Gasteiger partial charge in [-0.2, -0.15) is 13.2 Å². The van der Waals surface area contributed by atoms with Gasteiger partial charge in [-0.05, 0) is 61.6 Å². The molecule has 0 aliphatic rings. The molecule has 0 aliphatic carbocycles. The molecule has 2 rings (SSSR count). The molecular weight excluding hydrogens is 289 g/mol. The zero-order chi connectivity index (χ0) is 16.3. The van der Waals surface area contributed by atoms with Crippen LogP contribution in [0.15, 0.2) is 36.4 Å². The van der Waals surface area contributed by atoms with Crippen LogP contribution in [0, 0.1) is 13.8 Å². The summed E-state index contributed by atoms with van der Waals surface area (Å²) in [6, 6.07) is 9.59. The van der Waals surface area contributed by atoms with Gasteiger partial charge in [0.05, 0.1) is 5.56 Å². The molecule has 0 saturated heterocycles. The van der Waals surface area contributed by atoms with E-state index in [1.54, 1.807) is 0 Å². The highest BCUT2D eigenvalue weighted by Gasteiger charge is 2.31. The number of carbonyl (C=O) groups excluding carboxylic acids is 1. The quantitative estimate of drug-likeness (QED) is 0.733. The van der Waals surface area contributed by atoms with Gasteiger partial charge in [0.15, 0.2) is 0 Å². The fourth-order valence-corrected chi connectivity index (χ4v) is 2.44. The molecule has 0 saturated carbocycles. The van der Waals surface area contributed by atoms with Crippen LogP contribution in [0.5, 0.6) is 0 Å². The second kappa shape index (κ2) is 6.34. The highest BCUT2D eigenvalue weighted by molar-refractivity contribution is 5.75. The number of hydrogen-bond donors (Lipinski definition) is 0. The van der Waals surface area contributed by atoms with E-state index < -0.39 is 11.7 Å². The van der Waals surface area contributed by atoms with Crippen LogP contribution in [-0.2, 0) is 19.0 Å². The highest BCUT2D eigenvalue weighted by Crippen LogP contribution is 2.30. The SMILES string of the molecule is Cc1ccc(C)c(CCc2cc(C=O)cc(C(F)(F)F)c2)c1. The number of carbonyl (C=O) groups is 1. The number of halogens is 3. The van der Waals surface area contributed by atoms with Crippen molar-refractivity contribution in [2.75, 3.05) is 0 Å². The van der Waals surface area contributed by atoms with Crippen LogP contribution < -0.4 is 0 Å². The lowest BCUT2D eigenvalue weighted by atomic mass is 9.97. The number of alkyl halides is 3. The van der Waals surface area contributed by atoms with E-state index in [0.29, 0.717) is 24.7 Å². The Bertz CT molecular complexity index is 687. The topological polar surface area (TPSA) is 17.1 Å². The first kappa shape index (κ1) is 16.3. The Morgan fingerprint density at radius 1 is 1.00 bits per heavy atom. The average Bonchev–Trinajstić information content (AvgIpc) is 2.47. The van der Waals surface area contributed by atoms with Crippen molar-refractivity contribution in [3.8, 4) is 0 Å². The molecular formula is C18H17F3O. The molecule has 0 aliphatic heterocycles. The van der Waals surface area contributed by atoms with Gasteiger partial charge in [0.1, 0.15) is 6.29 Å². The average molecular weight is 306 g/mol. The molecule has 0 heterocycles. The third-order valence-corrected chi connectivity index (χ3v) is 3.67. The third kappa shape index (κ3) is 3.97. The summed E-state index contributed by atoms with van der Waals surface area (Å²) in [5, 5.41) is 0. The van der Waals surface area contributed by atoms with Gasteiger partial charge in [-0.15, -0.1) is 0 Å². The molecule has 0 fully saturated rings. The zero-order valence-electron chi connectivity index (χ0n) is 12.5. The number of hydrogen-bond acceptors (Lipinski definition) is 1. The first-order chi connectivity index (χ1) is 10.3. The van der Waals surface area contributed by atoms with Crippen LogP contribution in [0.1, 0.15) is 38.2 Å². The molecule has 0 aromatic heterocycles. The summed E-state index contributed by atoms with van der Waals surface area (Å²) in [6.45, 7) is 3.97. The van der Waals surface area contributed by atoms with Crippen molar-refractivity contribution in [2.45, 2.75) is 32.9 Å². The predicted octanol–water partition coefficient (Wildman–Crippen LogP) is 4.92. The van der Waals surface area contributed by atoms with Crippen LogP contribution in [0.25, 0.3) is 0 Å². The van der Waals surface area contributed by atoms with E-state index in [9.17, 15) is 18.0 Å². The van der Waals surface area contributed by atoms with Gasteiger partial charge in [-0.1, -0.05) is 23.8 Å². The number of benzene rings is 2. The summed E-state index contributed by atoms with van der Waals surface area (Å²) < 4.78 is 38.5. The van der Waals surface area contributed by atoms with E-state index in [-0.39, 0.29) is 5.56 Å². The van der Waals surface area contributed by atoms with Gasteiger partial charge in [0.2, 0.25) is 0 Å². The summed E-state index contributed by atoms with van der Waals surface area (Å²) in [5.74, 6) is 0. The molecule has 0 amide bonds. The lowest BCUT2D eigenvalue weighted by Crippen LogP contribution is -2.07. The monoisotopic (exact) mass is 306 g/mol. The van der Waals surface area contributed by atoms with E-state index in [2.05, 4.69) is 0 Å². The minimum atomic E-state index is -4.44. The molecule has 116 valence electrons. The van der Waals surface area contributed by atoms with Gasteiger partial charge < -0.3 is 0 Å². The lowest BCUT2D eigenvalue weighted by Gasteiger charge is -2.11. The smallest absolute Gasteiger partial charge is 0.298 e. The van der Waals surface area contributed by atoms with Crippen molar-refractivity contribution in [3.05, 3.63) is 69.8 Å². The van der Waals surface area contributed by atoms with Crippen LogP contribution in [0.3, 0.4) is 0 Å². The van der Waals surface area contributed by atoms with Crippen LogP contribution in [0.4, 0.5) is 13.2 Å². The Balaban J connectivity index is 2.26. The first-order valence-corrected chi connectivity index (χ1v) is 7.02. The molecule has 4 heteroatoms. The Kier molecular flexibility index (Phi) is 4.69. The zero-order valence-corrected chi connectivity index (χ0v) is 12.5. The van der Waals surface area contributed by atoms with Gasteiger partial charge in [-0.3, -0.25) is 4.79 Å². The van der Waals surface area contributed by atoms with Crippen LogP contribution in [-0.4, -0.2) is 6.29 Å². The van der Waals surface area contributed by atoms with Gasteiger partial charge in [-0.25, -0.2) is 0 Å². The highest BCUT2D eigenvalue weighted by atomic mass is 19.4. The largest absolute Gasteiger partial charge is 0.416 e. The third-order valence-electron chi connectivity index (χ3n) is 3.67. The molecule has 0 radical (unpaired) electrons. The van der Waals surface area contributed by atoms with E-state index in [4.69, 9.17) is 0 Å². The van der Waals surface area contributed by atoms with Gasteiger partial charge >= 0.3 is 6.18 Å². The molecule has 0 atom stereocenters. The van der Waals surface area contributed by atoms with Crippen molar-refractivity contribution in [3.63, 3.8) is 0 Å². The Morgan fingerprint density at radius 2 is 1.73 bits per heavy atom. The van der Waals surface area contributed by atoms with Crippen molar-refractivity contribution in [2.24, 2.45) is 0 Å². The maximum atomic E-state index is 12.8. The van der Waals surface area contributed by atoms with E-state index in [1.807, 2.05) is 32.0 Å². The van der Waals surface area contributed by atoms with E-state index in [0.717, 1.165) is 28.8 Å². The summed E-state index contributed by atoms with van der Waals surface area (Å²) in [6.07, 6.45) is -2.87. The standard InChI is InChI=1S/C18H17F3O/c1-12-3-4-13(2)16(7-12)6-5-14-8-15(11-22)10-17(9-14)18(19,20)21/h3-4,7-11H,5-6H2,1-2H3. The number of rotatable bonds is 4. The second-order valence-electron chi connectivity index (χ2n) is 5.51. The van der Waals surface area contributed by atoms with E-state index >= 15 is 0 Å². The molecule has 2 aromatic carbocycles. The van der Waals surface area contributed by atoms with Crippen molar-refractivity contribution in [1.82, 2.24) is 0 Å². The van der Waals surface area contributed by atoms with E-state index in [1.165, 1.54) is 6.07 Å². The fraction of sp³-hybridized carbons (Fsp3) is 0.278. The number of aldehydes is 1.